The molecule has 0 spiro atoms. The molecule has 2 aliphatic carbocycles. The second kappa shape index (κ2) is 3.48. The second-order valence-electron chi connectivity index (χ2n) is 6.24. The Labute approximate surface area is 107 Å². The van der Waals surface area contributed by atoms with E-state index in [0.717, 1.165) is 38.5 Å². The van der Waals surface area contributed by atoms with Crippen LogP contribution in [0, 0.1) is 5.92 Å². The Morgan fingerprint density at radius 1 is 1.22 bits per heavy atom. The van der Waals surface area contributed by atoms with Crippen LogP contribution in [-0.4, -0.2) is 36.5 Å². The Hall–Kier alpha value is -0.610. The van der Waals surface area contributed by atoms with E-state index in [9.17, 15) is 4.79 Å². The van der Waals surface area contributed by atoms with E-state index in [2.05, 4.69) is 0 Å². The summed E-state index contributed by atoms with van der Waals surface area (Å²) in [5, 5.41) is 0. The van der Waals surface area contributed by atoms with Crippen molar-refractivity contribution in [1.29, 1.82) is 0 Å². The highest BCUT2D eigenvalue weighted by atomic mass is 16.7. The fraction of sp³-hybridized carbons (Fsp3) is 0.929. The Bertz CT molecular complexity index is 395. The molecule has 2 saturated heterocycles. The van der Waals surface area contributed by atoms with Gasteiger partial charge >= 0.3 is 5.97 Å². The fourth-order valence-corrected chi connectivity index (χ4v) is 4.49. The molecule has 0 aromatic carbocycles. The highest BCUT2D eigenvalue weighted by molar-refractivity contribution is 5.85. The number of rotatable bonds is 2. The number of epoxide rings is 2. The molecule has 2 aliphatic heterocycles. The lowest BCUT2D eigenvalue weighted by Crippen LogP contribution is -2.43. The molecular weight excluding hydrogens is 232 g/mol. The molecule has 4 nitrogen and oxygen atoms in total. The summed E-state index contributed by atoms with van der Waals surface area (Å²) in [6.07, 6.45) is 8.40. The molecule has 4 fully saturated rings. The summed E-state index contributed by atoms with van der Waals surface area (Å²) < 4.78 is 16.7. The lowest BCUT2D eigenvalue weighted by atomic mass is 9.68. The molecule has 4 aliphatic rings. The third kappa shape index (κ3) is 1.26. The summed E-state index contributed by atoms with van der Waals surface area (Å²) in [5.74, 6) is 0.335. The number of carbonyl (C=O) groups excluding carboxylic acids is 1. The number of hydrogen-bond acceptors (Lipinski definition) is 4. The predicted molar refractivity (Wildman–Crippen MR) is 63.0 cm³/mol. The maximum atomic E-state index is 12.1. The number of ether oxygens (including phenoxy) is 3. The van der Waals surface area contributed by atoms with Crippen molar-refractivity contribution in [2.75, 3.05) is 7.11 Å². The van der Waals surface area contributed by atoms with Crippen LogP contribution in [0.15, 0.2) is 0 Å². The molecule has 4 heteroatoms. The maximum Gasteiger partial charge on any atom is 0.341 e. The van der Waals surface area contributed by atoms with E-state index in [0.29, 0.717) is 18.1 Å². The van der Waals surface area contributed by atoms with Gasteiger partial charge in [0.05, 0.1) is 19.3 Å². The van der Waals surface area contributed by atoms with Gasteiger partial charge in [-0.05, 0) is 44.4 Å². The van der Waals surface area contributed by atoms with Crippen LogP contribution in [0.5, 0.6) is 0 Å². The van der Waals surface area contributed by atoms with Crippen molar-refractivity contribution in [2.24, 2.45) is 5.92 Å². The number of hydrogen-bond donors (Lipinski definition) is 0. The van der Waals surface area contributed by atoms with Crippen LogP contribution in [0.1, 0.15) is 44.9 Å². The zero-order valence-corrected chi connectivity index (χ0v) is 10.8. The minimum atomic E-state index is -0.605. The van der Waals surface area contributed by atoms with Gasteiger partial charge in [0.2, 0.25) is 0 Å². The van der Waals surface area contributed by atoms with Gasteiger partial charge in [-0.3, -0.25) is 0 Å². The third-order valence-electron chi connectivity index (χ3n) is 5.50. The molecule has 0 bridgehead atoms. The summed E-state index contributed by atoms with van der Waals surface area (Å²) >= 11 is 0. The molecule has 0 radical (unpaired) electrons. The van der Waals surface area contributed by atoms with Gasteiger partial charge in [0.1, 0.15) is 5.60 Å². The van der Waals surface area contributed by atoms with Gasteiger partial charge in [-0.25, -0.2) is 4.79 Å². The molecule has 2 heterocycles. The quantitative estimate of drug-likeness (QED) is 0.555. The minimum absolute atomic E-state index is 0.152. The van der Waals surface area contributed by atoms with Gasteiger partial charge in [0.15, 0.2) is 5.60 Å². The second-order valence-corrected chi connectivity index (χ2v) is 6.24. The number of methoxy groups -OCH3 is 1. The molecule has 0 aromatic heterocycles. The highest BCUT2D eigenvalue weighted by Gasteiger charge is 2.78. The summed E-state index contributed by atoms with van der Waals surface area (Å²) in [6.45, 7) is 0. The number of carbonyl (C=O) groups is 1. The fourth-order valence-electron chi connectivity index (χ4n) is 4.49. The van der Waals surface area contributed by atoms with Gasteiger partial charge in [0, 0.05) is 0 Å². The van der Waals surface area contributed by atoms with Crippen molar-refractivity contribution in [3.63, 3.8) is 0 Å². The van der Waals surface area contributed by atoms with E-state index in [1.165, 1.54) is 13.5 Å². The van der Waals surface area contributed by atoms with Crippen molar-refractivity contribution < 1.29 is 19.0 Å². The average Bonchev–Trinajstić information content (AvgIpc) is 3.28. The smallest absolute Gasteiger partial charge is 0.341 e. The van der Waals surface area contributed by atoms with Gasteiger partial charge in [-0.1, -0.05) is 6.42 Å². The summed E-state index contributed by atoms with van der Waals surface area (Å²) in [4.78, 5) is 12.1. The van der Waals surface area contributed by atoms with Gasteiger partial charge in [-0.2, -0.15) is 0 Å². The van der Waals surface area contributed by atoms with Crippen LogP contribution in [-0.2, 0) is 19.0 Å². The van der Waals surface area contributed by atoms with E-state index < -0.39 is 5.60 Å². The largest absolute Gasteiger partial charge is 0.467 e. The van der Waals surface area contributed by atoms with Crippen LogP contribution >= 0.6 is 0 Å². The third-order valence-corrected chi connectivity index (χ3v) is 5.50. The topological polar surface area (TPSA) is 51.4 Å². The van der Waals surface area contributed by atoms with Crippen LogP contribution in [0.4, 0.5) is 0 Å². The molecule has 5 atom stereocenters. The molecule has 0 N–H and O–H groups in total. The Morgan fingerprint density at radius 3 is 2.83 bits per heavy atom. The SMILES string of the molecule is COC(=O)C12CCCCC1(C1CCC3OC3C1)O2. The first-order chi connectivity index (χ1) is 8.72. The molecule has 100 valence electrons. The van der Waals surface area contributed by atoms with Crippen molar-refractivity contribution >= 4 is 5.97 Å². The molecule has 0 amide bonds. The van der Waals surface area contributed by atoms with Crippen LogP contribution < -0.4 is 0 Å². The van der Waals surface area contributed by atoms with Crippen molar-refractivity contribution in [2.45, 2.75) is 68.4 Å². The Morgan fingerprint density at radius 2 is 2.06 bits per heavy atom. The van der Waals surface area contributed by atoms with E-state index in [1.807, 2.05) is 0 Å². The zero-order valence-electron chi connectivity index (χ0n) is 10.8. The van der Waals surface area contributed by atoms with Crippen molar-refractivity contribution in [3.8, 4) is 0 Å². The summed E-state index contributed by atoms with van der Waals surface area (Å²) in [7, 11) is 1.47. The average molecular weight is 252 g/mol. The van der Waals surface area contributed by atoms with E-state index >= 15 is 0 Å². The van der Waals surface area contributed by atoms with Crippen LogP contribution in [0.25, 0.3) is 0 Å². The summed E-state index contributed by atoms with van der Waals surface area (Å²) in [6, 6.07) is 0. The lowest BCUT2D eigenvalue weighted by Gasteiger charge is -2.31. The first-order valence-electron chi connectivity index (χ1n) is 7.16. The minimum Gasteiger partial charge on any atom is -0.467 e. The molecule has 5 unspecified atom stereocenters. The molecule has 0 aromatic rings. The normalized spacial score (nSPS) is 53.1. The van der Waals surface area contributed by atoms with Crippen LogP contribution in [0.2, 0.25) is 0 Å². The maximum absolute atomic E-state index is 12.1. The predicted octanol–water partition coefficient (Wildman–Crippen LogP) is 1.81. The van der Waals surface area contributed by atoms with Crippen molar-refractivity contribution in [1.82, 2.24) is 0 Å². The lowest BCUT2D eigenvalue weighted by molar-refractivity contribution is -0.147. The Balaban J connectivity index is 1.59. The molecule has 18 heavy (non-hydrogen) atoms. The monoisotopic (exact) mass is 252 g/mol. The molecular formula is C14H20O4. The summed E-state index contributed by atoms with van der Waals surface area (Å²) in [5.41, 5.74) is -0.818. The van der Waals surface area contributed by atoms with E-state index in [1.54, 1.807) is 0 Å². The first-order valence-corrected chi connectivity index (χ1v) is 7.16. The van der Waals surface area contributed by atoms with Crippen LogP contribution in [0.3, 0.4) is 0 Å². The number of esters is 1. The van der Waals surface area contributed by atoms with Gasteiger partial charge < -0.3 is 14.2 Å². The number of fused-ring (bicyclic) bond motifs is 2. The molecule has 2 saturated carbocycles. The van der Waals surface area contributed by atoms with Gasteiger partial charge in [-0.15, -0.1) is 0 Å². The van der Waals surface area contributed by atoms with Gasteiger partial charge in [0.25, 0.3) is 0 Å². The van der Waals surface area contributed by atoms with E-state index in [4.69, 9.17) is 14.2 Å². The standard InChI is InChI=1S/C14H20O4/c1-16-12(15)14-7-3-2-6-13(14,18-14)9-4-5-10-11(8-9)17-10/h9-11H,2-8H2,1H3. The zero-order chi connectivity index (χ0) is 12.4. The first kappa shape index (κ1) is 11.2. The molecule has 4 rings (SSSR count). The van der Waals surface area contributed by atoms with Crippen molar-refractivity contribution in [3.05, 3.63) is 0 Å². The Kier molecular flexibility index (Phi) is 2.17. The highest BCUT2D eigenvalue weighted by Crippen LogP contribution is 2.65. The van der Waals surface area contributed by atoms with E-state index in [-0.39, 0.29) is 11.6 Å².